The number of imide groups is 1. The Morgan fingerprint density at radius 2 is 1.73 bits per heavy atom. The second-order valence-electron chi connectivity index (χ2n) is 6.76. The fourth-order valence-electron chi connectivity index (χ4n) is 3.46. The van der Waals surface area contributed by atoms with Crippen molar-refractivity contribution in [2.24, 2.45) is 10.3 Å². The van der Waals surface area contributed by atoms with E-state index < -0.39 is 12.1 Å². The molecule has 132 valence electrons. The fraction of sp³-hybridized carbons (Fsp3) is 0.300. The van der Waals surface area contributed by atoms with E-state index in [1.165, 1.54) is 4.90 Å². The van der Waals surface area contributed by atoms with Crippen LogP contribution in [-0.4, -0.2) is 23.9 Å². The van der Waals surface area contributed by atoms with Gasteiger partial charge in [-0.15, -0.1) is 0 Å². The minimum atomic E-state index is -0.784. The Morgan fingerprint density at radius 3 is 2.42 bits per heavy atom. The summed E-state index contributed by atoms with van der Waals surface area (Å²) >= 11 is 0. The number of rotatable bonds is 3. The maximum atomic E-state index is 13.1. The van der Waals surface area contributed by atoms with Crippen molar-refractivity contribution in [3.63, 3.8) is 0 Å². The number of nitrogens with zero attached hydrogens (tertiary/aromatic N) is 4. The number of carbonyl (C=O) groups is 2. The second kappa shape index (κ2) is 6.05. The molecular weight excluding hydrogens is 328 g/mol. The van der Waals surface area contributed by atoms with Gasteiger partial charge in [0.15, 0.2) is 12.1 Å². The molecule has 2 aliphatic rings. The average molecular weight is 348 g/mol. The van der Waals surface area contributed by atoms with Gasteiger partial charge in [-0.25, -0.2) is 9.91 Å². The number of anilines is 2. The Kier molecular flexibility index (Phi) is 3.83. The smallest absolute Gasteiger partial charge is 0.263 e. The van der Waals surface area contributed by atoms with E-state index in [-0.39, 0.29) is 11.8 Å². The van der Waals surface area contributed by atoms with E-state index in [0.717, 1.165) is 28.8 Å². The molecule has 6 heteroatoms. The highest BCUT2D eigenvalue weighted by molar-refractivity contribution is 6.26. The molecule has 0 aliphatic carbocycles. The molecule has 6 nitrogen and oxygen atoms in total. The average Bonchev–Trinajstić information content (AvgIpc) is 3.18. The molecule has 2 heterocycles. The lowest BCUT2D eigenvalue weighted by molar-refractivity contribution is -0.121. The van der Waals surface area contributed by atoms with Gasteiger partial charge in [-0.1, -0.05) is 36.4 Å². The summed E-state index contributed by atoms with van der Waals surface area (Å²) in [6, 6.07) is 12.0. The summed E-state index contributed by atoms with van der Waals surface area (Å²) < 4.78 is 0. The Bertz CT molecular complexity index is 920. The van der Waals surface area contributed by atoms with E-state index in [1.54, 1.807) is 5.01 Å². The predicted molar refractivity (Wildman–Crippen MR) is 99.1 cm³/mol. The third kappa shape index (κ3) is 2.41. The Labute approximate surface area is 152 Å². The molecule has 2 atom stereocenters. The summed E-state index contributed by atoms with van der Waals surface area (Å²) in [4.78, 5) is 27.1. The van der Waals surface area contributed by atoms with Crippen LogP contribution < -0.4 is 9.91 Å². The standard InChI is InChI=1S/C20H20N4O2/c1-4-14-7-9-15(10-8-14)23-19(25)17-18(20(23)26)24(22-21-17)16-11-12(2)5-6-13(16)3/h5-11,17-18H,4H2,1-3H3. The van der Waals surface area contributed by atoms with Crippen molar-refractivity contribution in [2.45, 2.75) is 39.3 Å². The van der Waals surface area contributed by atoms with Crippen LogP contribution >= 0.6 is 0 Å². The Morgan fingerprint density at radius 1 is 1.00 bits per heavy atom. The zero-order chi connectivity index (χ0) is 18.4. The van der Waals surface area contributed by atoms with Crippen LogP contribution in [0.15, 0.2) is 52.8 Å². The SMILES string of the molecule is CCc1ccc(N2C(=O)C3N=NN(c4cc(C)ccc4C)C3C2=O)cc1. The van der Waals surface area contributed by atoms with Gasteiger partial charge in [0.2, 0.25) is 0 Å². The molecule has 2 aromatic carbocycles. The molecule has 0 aromatic heterocycles. The van der Waals surface area contributed by atoms with Gasteiger partial charge in [0, 0.05) is 0 Å². The lowest BCUT2D eigenvalue weighted by atomic mass is 10.1. The number of hydrogen-bond donors (Lipinski definition) is 0. The predicted octanol–water partition coefficient (Wildman–Crippen LogP) is 3.36. The van der Waals surface area contributed by atoms with Crippen molar-refractivity contribution in [3.8, 4) is 0 Å². The molecule has 0 bridgehead atoms. The Balaban J connectivity index is 1.70. The number of benzene rings is 2. The first kappa shape index (κ1) is 16.4. The highest BCUT2D eigenvalue weighted by atomic mass is 16.2. The molecule has 1 saturated heterocycles. The van der Waals surface area contributed by atoms with Crippen LogP contribution in [-0.2, 0) is 16.0 Å². The molecule has 2 aliphatic heterocycles. The fourth-order valence-corrected chi connectivity index (χ4v) is 3.46. The summed E-state index contributed by atoms with van der Waals surface area (Å²) in [7, 11) is 0. The first-order valence-corrected chi connectivity index (χ1v) is 8.75. The van der Waals surface area contributed by atoms with Gasteiger partial charge in [0.25, 0.3) is 11.8 Å². The molecule has 2 amide bonds. The van der Waals surface area contributed by atoms with Crippen molar-refractivity contribution in [2.75, 3.05) is 9.91 Å². The van der Waals surface area contributed by atoms with Crippen LogP contribution in [0.2, 0.25) is 0 Å². The van der Waals surface area contributed by atoms with Crippen molar-refractivity contribution in [3.05, 3.63) is 59.2 Å². The third-order valence-corrected chi connectivity index (χ3v) is 5.00. The first-order chi connectivity index (χ1) is 12.5. The van der Waals surface area contributed by atoms with Crippen molar-refractivity contribution < 1.29 is 9.59 Å². The monoisotopic (exact) mass is 348 g/mol. The molecule has 2 unspecified atom stereocenters. The van der Waals surface area contributed by atoms with E-state index in [2.05, 4.69) is 17.3 Å². The van der Waals surface area contributed by atoms with Crippen LogP contribution in [0, 0.1) is 13.8 Å². The van der Waals surface area contributed by atoms with Gasteiger partial charge in [-0.2, -0.15) is 5.11 Å². The number of aryl methyl sites for hydroxylation is 3. The van der Waals surface area contributed by atoms with Gasteiger partial charge >= 0.3 is 0 Å². The summed E-state index contributed by atoms with van der Waals surface area (Å²) in [5.74, 6) is -0.601. The zero-order valence-electron chi connectivity index (χ0n) is 15.0. The molecule has 1 fully saturated rings. The minimum Gasteiger partial charge on any atom is -0.271 e. The molecule has 4 rings (SSSR count). The molecule has 0 radical (unpaired) electrons. The first-order valence-electron chi connectivity index (χ1n) is 8.75. The molecule has 26 heavy (non-hydrogen) atoms. The largest absolute Gasteiger partial charge is 0.271 e. The van der Waals surface area contributed by atoms with E-state index in [0.29, 0.717) is 5.69 Å². The van der Waals surface area contributed by atoms with E-state index in [1.807, 2.05) is 56.3 Å². The summed E-state index contributed by atoms with van der Waals surface area (Å²) in [6.07, 6.45) is 0.905. The van der Waals surface area contributed by atoms with Crippen LogP contribution in [0.4, 0.5) is 11.4 Å². The van der Waals surface area contributed by atoms with Gasteiger partial charge in [0.1, 0.15) is 0 Å². The summed E-state index contributed by atoms with van der Waals surface area (Å²) in [5, 5.41) is 9.84. The lowest BCUT2D eigenvalue weighted by Gasteiger charge is -2.22. The van der Waals surface area contributed by atoms with Crippen LogP contribution in [0.3, 0.4) is 0 Å². The quantitative estimate of drug-likeness (QED) is 0.799. The van der Waals surface area contributed by atoms with Crippen LogP contribution in [0.25, 0.3) is 0 Å². The van der Waals surface area contributed by atoms with Crippen molar-refractivity contribution in [1.82, 2.24) is 0 Å². The topological polar surface area (TPSA) is 65.3 Å². The second-order valence-corrected chi connectivity index (χ2v) is 6.76. The van der Waals surface area contributed by atoms with Gasteiger partial charge in [0.05, 0.1) is 11.4 Å². The van der Waals surface area contributed by atoms with E-state index in [4.69, 9.17) is 0 Å². The number of hydrogen-bond acceptors (Lipinski definition) is 5. The molecule has 0 saturated carbocycles. The summed E-state index contributed by atoms with van der Waals surface area (Å²) in [5.41, 5.74) is 4.60. The highest BCUT2D eigenvalue weighted by Gasteiger charge is 2.55. The number of carbonyl (C=O) groups excluding carboxylic acids is 2. The Hall–Kier alpha value is -3.02. The maximum absolute atomic E-state index is 13.1. The normalized spacial score (nSPS) is 21.7. The third-order valence-electron chi connectivity index (χ3n) is 5.00. The highest BCUT2D eigenvalue weighted by Crippen LogP contribution is 2.36. The minimum absolute atomic E-state index is 0.282. The van der Waals surface area contributed by atoms with Crippen molar-refractivity contribution in [1.29, 1.82) is 0 Å². The molecular formula is C20H20N4O2. The van der Waals surface area contributed by atoms with E-state index >= 15 is 0 Å². The van der Waals surface area contributed by atoms with E-state index in [9.17, 15) is 9.59 Å². The van der Waals surface area contributed by atoms with Gasteiger partial charge in [-0.05, 0) is 55.2 Å². The van der Waals surface area contributed by atoms with Gasteiger partial charge < -0.3 is 0 Å². The van der Waals surface area contributed by atoms with Gasteiger partial charge in [-0.3, -0.25) is 9.59 Å². The van der Waals surface area contributed by atoms with Crippen LogP contribution in [0.5, 0.6) is 0 Å². The summed E-state index contributed by atoms with van der Waals surface area (Å²) in [6.45, 7) is 6.00. The molecule has 0 spiro atoms. The lowest BCUT2D eigenvalue weighted by Crippen LogP contribution is -2.40. The zero-order valence-corrected chi connectivity index (χ0v) is 15.0. The molecule has 2 aromatic rings. The van der Waals surface area contributed by atoms with Crippen LogP contribution in [0.1, 0.15) is 23.6 Å². The number of fused-ring (bicyclic) bond motifs is 1. The molecule has 0 N–H and O–H groups in total. The van der Waals surface area contributed by atoms with Crippen molar-refractivity contribution >= 4 is 23.2 Å². The number of amides is 2. The maximum Gasteiger partial charge on any atom is 0.263 e.